The largest absolute Gasteiger partial charge is 0.494 e. The highest BCUT2D eigenvalue weighted by molar-refractivity contribution is 7.70. The number of nitrogens with one attached hydrogen (secondary N) is 3. The number of aryl methyl sites for hydroxylation is 1. The molecule has 4 aliphatic heterocycles. The van der Waals surface area contributed by atoms with Gasteiger partial charge in [-0.15, -0.1) is 0 Å². The maximum Gasteiger partial charge on any atom is 0.262 e. The van der Waals surface area contributed by atoms with E-state index in [0.29, 0.717) is 39.3 Å². The molecule has 4 aliphatic rings. The fourth-order valence-corrected chi connectivity index (χ4v) is 11.3. The minimum atomic E-state index is -2.75. The van der Waals surface area contributed by atoms with Gasteiger partial charge in [-0.1, -0.05) is 48.0 Å². The van der Waals surface area contributed by atoms with Crippen LogP contribution in [-0.4, -0.2) is 125 Å². The number of ether oxygens (including phenoxy) is 1. The molecule has 10 rings (SSSR count). The summed E-state index contributed by atoms with van der Waals surface area (Å²) in [5, 5.41) is 14.5. The van der Waals surface area contributed by atoms with Gasteiger partial charge in [-0.05, 0) is 80.1 Å². The Bertz CT molecular complexity index is 3090. The molecule has 4 aromatic carbocycles. The first-order valence-corrected chi connectivity index (χ1v) is 26.3. The third-order valence-corrected chi connectivity index (χ3v) is 15.5. The average molecular weight is 982 g/mol. The maximum atomic E-state index is 13.6. The number of carbonyl (C=O) groups excluding carboxylic acids is 4. The molecule has 1 atom stereocenters. The highest BCUT2D eigenvalue weighted by Crippen LogP contribution is 2.43. The summed E-state index contributed by atoms with van der Waals surface area (Å²) in [4.78, 5) is 68.6. The summed E-state index contributed by atoms with van der Waals surface area (Å²) in [5.41, 5.74) is 7.63. The maximum absolute atomic E-state index is 13.6. The van der Waals surface area contributed by atoms with Crippen molar-refractivity contribution in [2.45, 2.75) is 37.8 Å². The van der Waals surface area contributed by atoms with Crippen LogP contribution in [-0.2, 0) is 21.2 Å². The molecule has 360 valence electrons. The number of benzene rings is 4. The first kappa shape index (κ1) is 46.6. The van der Waals surface area contributed by atoms with Crippen LogP contribution in [0.1, 0.15) is 46.4 Å². The third-order valence-electron chi connectivity index (χ3n) is 13.7. The van der Waals surface area contributed by atoms with Crippen molar-refractivity contribution < 1.29 is 28.5 Å². The number of nitrogens with zero attached hydrogens (tertiary/aromatic N) is 8. The van der Waals surface area contributed by atoms with E-state index in [9.17, 15) is 23.7 Å². The molecule has 0 bridgehead atoms. The smallest absolute Gasteiger partial charge is 0.262 e. The second-order valence-corrected chi connectivity index (χ2v) is 22.1. The van der Waals surface area contributed by atoms with Gasteiger partial charge < -0.3 is 29.7 Å². The summed E-state index contributed by atoms with van der Waals surface area (Å²) < 4.78 is 21.4. The lowest BCUT2D eigenvalue weighted by atomic mass is 9.98. The minimum Gasteiger partial charge on any atom is -0.494 e. The molecule has 2 aromatic heterocycles. The zero-order valence-electron chi connectivity index (χ0n) is 39.3. The van der Waals surface area contributed by atoms with Crippen molar-refractivity contribution in [2.24, 2.45) is 7.05 Å². The van der Waals surface area contributed by atoms with E-state index in [2.05, 4.69) is 46.8 Å². The molecule has 0 radical (unpaired) electrons. The molecule has 0 saturated carbocycles. The molecule has 70 heavy (non-hydrogen) atoms. The van der Waals surface area contributed by atoms with Crippen LogP contribution in [0.15, 0.2) is 97.5 Å². The van der Waals surface area contributed by atoms with E-state index in [1.54, 1.807) is 37.3 Å². The first-order chi connectivity index (χ1) is 33.7. The fraction of sp³-hybridized carbons (Fsp3) is 0.314. The molecular weight excluding hydrogens is 929 g/mol. The van der Waals surface area contributed by atoms with Crippen molar-refractivity contribution in [3.8, 4) is 28.0 Å². The highest BCUT2D eigenvalue weighted by atomic mass is 35.5. The Morgan fingerprint density at radius 1 is 0.757 bits per heavy atom. The standard InChI is InChI=1S/C51H53ClN11O6P/c1-59-30-33(28-54-59)37-26-41(56-51-53-29-39(52)47(58-51)55-40-13-10-32(24-45(40)70(3,4)68)31-8-6-5-7-9-31)44(69-2)27-43(37)62-18-16-34(17-19-62)60-20-22-61(23-21-60)35-11-12-36-38(25-35)50(67)63(49(36)66)42-14-15-46(64)57-48(42)65/h5-13,24-30,34,42H,14-23H2,1-4H3,(H,57,64,65)(H2,53,55,56,58). The molecular formula is C51H53ClN11O6P. The number of aromatic nitrogens is 4. The van der Waals surface area contributed by atoms with Crippen molar-refractivity contribution in [3.05, 3.63) is 114 Å². The van der Waals surface area contributed by atoms with E-state index in [1.165, 1.54) is 6.20 Å². The molecule has 0 aliphatic carbocycles. The van der Waals surface area contributed by atoms with Crippen molar-refractivity contribution in [3.63, 3.8) is 0 Å². The van der Waals surface area contributed by atoms with Gasteiger partial charge in [0, 0.05) is 98.8 Å². The summed E-state index contributed by atoms with van der Waals surface area (Å²) >= 11 is 6.70. The van der Waals surface area contributed by atoms with E-state index < -0.39 is 36.8 Å². The van der Waals surface area contributed by atoms with Crippen LogP contribution in [0.3, 0.4) is 0 Å². The SMILES string of the molecule is COc1cc(N2CCC(N3CCN(c4ccc5c(c4)C(=O)N(C4CCC(=O)NC4=O)C5=O)CC3)CC2)c(-c2cnn(C)c2)cc1Nc1ncc(Cl)c(Nc2ccc(-c3ccccc3)cc2P(C)(C)=O)n1. The van der Waals surface area contributed by atoms with Crippen molar-refractivity contribution in [1.82, 2.24) is 34.9 Å². The zero-order valence-corrected chi connectivity index (χ0v) is 41.0. The number of piperidine rings is 2. The first-order valence-electron chi connectivity index (χ1n) is 23.3. The summed E-state index contributed by atoms with van der Waals surface area (Å²) in [5.74, 6) is -0.787. The summed E-state index contributed by atoms with van der Waals surface area (Å²) in [6, 6.07) is 24.6. The Kier molecular flexibility index (Phi) is 12.7. The Balaban J connectivity index is 0.820. The molecule has 17 nitrogen and oxygen atoms in total. The average Bonchev–Trinajstić information content (AvgIpc) is 3.91. The number of piperazine rings is 1. The second kappa shape index (κ2) is 19.0. The lowest BCUT2D eigenvalue weighted by molar-refractivity contribution is -0.136. The normalized spacial score (nSPS) is 18.0. The Labute approximate surface area is 410 Å². The molecule has 6 heterocycles. The molecule has 19 heteroatoms. The number of amides is 4. The highest BCUT2D eigenvalue weighted by Gasteiger charge is 2.45. The van der Waals surface area contributed by atoms with E-state index in [1.807, 2.05) is 80.1 Å². The fourth-order valence-electron chi connectivity index (χ4n) is 10.0. The topological polar surface area (TPSA) is 187 Å². The molecule has 6 aromatic rings. The van der Waals surface area contributed by atoms with Gasteiger partial charge in [0.05, 0.1) is 42.0 Å². The Hall–Kier alpha value is -7.07. The van der Waals surface area contributed by atoms with Crippen LogP contribution >= 0.6 is 18.7 Å². The van der Waals surface area contributed by atoms with Gasteiger partial charge in [0.1, 0.15) is 24.0 Å². The Morgan fingerprint density at radius 3 is 2.21 bits per heavy atom. The number of anilines is 6. The van der Waals surface area contributed by atoms with Gasteiger partial charge >= 0.3 is 0 Å². The number of rotatable bonds is 12. The lowest BCUT2D eigenvalue weighted by Gasteiger charge is -2.44. The van der Waals surface area contributed by atoms with E-state index in [4.69, 9.17) is 21.3 Å². The summed E-state index contributed by atoms with van der Waals surface area (Å²) in [6.45, 7) is 8.34. The van der Waals surface area contributed by atoms with Gasteiger partial charge in [0.15, 0.2) is 5.82 Å². The second-order valence-electron chi connectivity index (χ2n) is 18.5. The van der Waals surface area contributed by atoms with E-state index >= 15 is 0 Å². The summed E-state index contributed by atoms with van der Waals surface area (Å²) in [7, 11) is 0.788. The van der Waals surface area contributed by atoms with Gasteiger partial charge in [0.2, 0.25) is 17.8 Å². The van der Waals surface area contributed by atoms with Crippen LogP contribution in [0, 0.1) is 0 Å². The molecule has 3 saturated heterocycles. The number of halogens is 1. The lowest BCUT2D eigenvalue weighted by Crippen LogP contribution is -2.54. The van der Waals surface area contributed by atoms with Crippen molar-refractivity contribution >= 4 is 82.2 Å². The van der Waals surface area contributed by atoms with Crippen LogP contribution in [0.25, 0.3) is 22.3 Å². The van der Waals surface area contributed by atoms with Gasteiger partial charge in [-0.2, -0.15) is 10.1 Å². The predicted molar refractivity (Wildman–Crippen MR) is 272 cm³/mol. The van der Waals surface area contributed by atoms with Crippen LogP contribution in [0.5, 0.6) is 5.75 Å². The molecule has 4 amide bonds. The molecule has 3 fully saturated rings. The molecule has 0 spiro atoms. The number of methoxy groups -OCH3 is 1. The number of imide groups is 2. The van der Waals surface area contributed by atoms with E-state index in [0.717, 1.165) is 90.6 Å². The quantitative estimate of drug-likeness (QED) is 0.0830. The summed E-state index contributed by atoms with van der Waals surface area (Å²) in [6.07, 6.45) is 7.48. The molecule has 3 N–H and O–H groups in total. The Morgan fingerprint density at radius 2 is 1.51 bits per heavy atom. The minimum absolute atomic E-state index is 0.0765. The number of hydrogen-bond donors (Lipinski definition) is 3. The van der Waals surface area contributed by atoms with Crippen molar-refractivity contribution in [2.75, 3.05) is 80.1 Å². The zero-order chi connectivity index (χ0) is 48.8. The number of hydrogen-bond acceptors (Lipinski definition) is 14. The van der Waals surface area contributed by atoms with Gasteiger partial charge in [0.25, 0.3) is 11.8 Å². The van der Waals surface area contributed by atoms with Crippen LogP contribution in [0.4, 0.5) is 34.5 Å². The van der Waals surface area contributed by atoms with Crippen LogP contribution in [0.2, 0.25) is 5.02 Å². The van der Waals surface area contributed by atoms with Gasteiger partial charge in [-0.25, -0.2) is 4.98 Å². The number of carbonyl (C=O) groups is 4. The predicted octanol–water partition coefficient (Wildman–Crippen LogP) is 7.13. The van der Waals surface area contributed by atoms with Gasteiger partial charge in [-0.3, -0.25) is 39.0 Å². The third kappa shape index (κ3) is 9.24. The monoisotopic (exact) mass is 981 g/mol. The number of fused-ring (bicyclic) bond motifs is 1. The van der Waals surface area contributed by atoms with Crippen molar-refractivity contribution in [1.29, 1.82) is 0 Å². The molecule has 1 unspecified atom stereocenters. The van der Waals surface area contributed by atoms with Crippen LogP contribution < -0.4 is 35.8 Å². The van der Waals surface area contributed by atoms with E-state index in [-0.39, 0.29) is 29.9 Å².